The minimum absolute atomic E-state index is 0.277. The molecule has 0 aliphatic rings. The highest BCUT2D eigenvalue weighted by molar-refractivity contribution is 7.85. The minimum Gasteiger partial charge on any atom is -0.387 e. The van der Waals surface area contributed by atoms with E-state index < -0.39 is 40.0 Å². The maximum Gasteiger partial charge on any atom is 0.267 e. The van der Waals surface area contributed by atoms with E-state index >= 15 is 0 Å². The van der Waals surface area contributed by atoms with Crippen molar-refractivity contribution in [3.8, 4) is 0 Å². The molecule has 0 bridgehead atoms. The van der Waals surface area contributed by atoms with E-state index in [1.54, 1.807) is 6.08 Å². The quantitative estimate of drug-likeness (QED) is 0.0299. The van der Waals surface area contributed by atoms with E-state index in [0.29, 0.717) is 12.8 Å². The van der Waals surface area contributed by atoms with Gasteiger partial charge in [-0.2, -0.15) is 8.42 Å². The fourth-order valence-corrected chi connectivity index (χ4v) is 6.68. The highest BCUT2D eigenvalue weighted by Crippen LogP contribution is 2.15. The van der Waals surface area contributed by atoms with E-state index in [1.807, 2.05) is 0 Å². The van der Waals surface area contributed by atoms with Gasteiger partial charge >= 0.3 is 0 Å². The molecule has 0 aromatic heterocycles. The maximum absolute atomic E-state index is 12.5. The SMILES string of the molecule is CCCCCCCCCCCCC/C=C/CC/C=C/C(O)C(CS(=O)(=O)O)NC(=O)C(O)CCCCCCCCCCCCCCC. The molecule has 0 rings (SSSR count). The zero-order valence-electron chi connectivity index (χ0n) is 30.5. The normalized spacial score (nSPS) is 14.2. The lowest BCUT2D eigenvalue weighted by Crippen LogP contribution is -2.50. The van der Waals surface area contributed by atoms with Gasteiger partial charge in [-0.1, -0.05) is 186 Å². The summed E-state index contributed by atoms with van der Waals surface area (Å²) in [5.41, 5.74) is 0. The van der Waals surface area contributed by atoms with Gasteiger partial charge in [0.05, 0.1) is 17.9 Å². The number of amides is 1. The molecule has 0 aliphatic carbocycles. The van der Waals surface area contributed by atoms with Crippen LogP contribution in [0.25, 0.3) is 0 Å². The monoisotopic (exact) mass is 686 g/mol. The highest BCUT2D eigenvalue weighted by atomic mass is 32.2. The standard InChI is InChI=1S/C39H75NO6S/c1-3-5-7-9-11-13-15-17-18-19-20-22-23-25-27-29-31-33-37(41)36(35-47(44,45)46)40-39(43)38(42)34-32-30-28-26-24-21-16-14-12-10-8-6-4-2/h23,25,31,33,36-38,41-42H,3-22,24,26-30,32,34-35H2,1-2H3,(H,40,43)(H,44,45,46)/b25-23+,33-31+. The third-order valence-corrected chi connectivity index (χ3v) is 9.77. The molecule has 0 saturated heterocycles. The van der Waals surface area contributed by atoms with E-state index in [9.17, 15) is 28.0 Å². The Balaban J connectivity index is 4.12. The van der Waals surface area contributed by atoms with Crippen LogP contribution in [-0.4, -0.2) is 53.1 Å². The van der Waals surface area contributed by atoms with Crippen LogP contribution in [0.15, 0.2) is 24.3 Å². The Kier molecular flexibility index (Phi) is 32.4. The Morgan fingerprint density at radius 2 is 0.957 bits per heavy atom. The van der Waals surface area contributed by atoms with Crippen LogP contribution < -0.4 is 5.32 Å². The Labute approximate surface area is 290 Å². The van der Waals surface area contributed by atoms with Gasteiger partial charge in [-0.25, -0.2) is 0 Å². The van der Waals surface area contributed by atoms with Crippen molar-refractivity contribution in [3.63, 3.8) is 0 Å². The topological polar surface area (TPSA) is 124 Å². The van der Waals surface area contributed by atoms with Gasteiger partial charge in [0.25, 0.3) is 10.1 Å². The molecule has 1 amide bonds. The number of rotatable bonds is 35. The van der Waals surface area contributed by atoms with Crippen LogP contribution in [0, 0.1) is 0 Å². The first-order chi connectivity index (χ1) is 22.7. The fourth-order valence-electron chi connectivity index (χ4n) is 5.94. The van der Waals surface area contributed by atoms with Crippen molar-refractivity contribution in [3.05, 3.63) is 24.3 Å². The molecule has 8 heteroatoms. The molecule has 0 fully saturated rings. The Morgan fingerprint density at radius 1 is 0.574 bits per heavy atom. The van der Waals surface area contributed by atoms with Gasteiger partial charge in [-0.05, 0) is 32.1 Å². The number of nitrogens with one attached hydrogen (secondary N) is 1. The molecule has 0 spiro atoms. The Morgan fingerprint density at radius 3 is 1.40 bits per heavy atom. The number of allylic oxidation sites excluding steroid dienone is 3. The number of unbranched alkanes of at least 4 members (excludes halogenated alkanes) is 24. The average molecular weight is 686 g/mol. The van der Waals surface area contributed by atoms with E-state index in [1.165, 1.54) is 134 Å². The summed E-state index contributed by atoms with van der Waals surface area (Å²) in [6.07, 6.45) is 38.0. The molecule has 0 aliphatic heterocycles. The van der Waals surface area contributed by atoms with E-state index in [2.05, 4.69) is 31.3 Å². The van der Waals surface area contributed by atoms with Crippen molar-refractivity contribution >= 4 is 16.0 Å². The summed E-state index contributed by atoms with van der Waals surface area (Å²) in [4.78, 5) is 12.5. The van der Waals surface area contributed by atoms with Crippen LogP contribution in [0.1, 0.15) is 194 Å². The summed E-state index contributed by atoms with van der Waals surface area (Å²) >= 11 is 0. The zero-order chi connectivity index (χ0) is 34.9. The third-order valence-electron chi connectivity index (χ3n) is 8.99. The molecule has 278 valence electrons. The molecule has 0 radical (unpaired) electrons. The lowest BCUT2D eigenvalue weighted by molar-refractivity contribution is -0.130. The molecular weight excluding hydrogens is 610 g/mol. The van der Waals surface area contributed by atoms with Crippen molar-refractivity contribution in [2.24, 2.45) is 0 Å². The van der Waals surface area contributed by atoms with Crippen LogP contribution >= 0.6 is 0 Å². The second kappa shape index (κ2) is 33.3. The number of hydrogen-bond acceptors (Lipinski definition) is 5. The molecule has 3 unspecified atom stereocenters. The van der Waals surface area contributed by atoms with Gasteiger partial charge < -0.3 is 15.5 Å². The summed E-state index contributed by atoms with van der Waals surface area (Å²) < 4.78 is 32.4. The van der Waals surface area contributed by atoms with E-state index in [0.717, 1.165) is 32.1 Å². The molecule has 4 N–H and O–H groups in total. The van der Waals surface area contributed by atoms with Crippen LogP contribution in [-0.2, 0) is 14.9 Å². The first-order valence-corrected chi connectivity index (χ1v) is 21.3. The van der Waals surface area contributed by atoms with Gasteiger partial charge in [0.1, 0.15) is 6.10 Å². The van der Waals surface area contributed by atoms with Gasteiger partial charge in [0, 0.05) is 0 Å². The molecule has 0 aromatic carbocycles. The van der Waals surface area contributed by atoms with E-state index in [-0.39, 0.29) is 6.42 Å². The van der Waals surface area contributed by atoms with Crippen molar-refractivity contribution in [1.82, 2.24) is 5.32 Å². The smallest absolute Gasteiger partial charge is 0.267 e. The highest BCUT2D eigenvalue weighted by Gasteiger charge is 2.27. The lowest BCUT2D eigenvalue weighted by Gasteiger charge is -2.22. The summed E-state index contributed by atoms with van der Waals surface area (Å²) in [5.74, 6) is -1.55. The molecule has 0 saturated carbocycles. The predicted octanol–water partition coefficient (Wildman–Crippen LogP) is 10.2. The van der Waals surface area contributed by atoms with Gasteiger partial charge in [0.15, 0.2) is 0 Å². The van der Waals surface area contributed by atoms with Gasteiger partial charge in [-0.15, -0.1) is 0 Å². The maximum atomic E-state index is 12.5. The summed E-state index contributed by atoms with van der Waals surface area (Å²) in [5, 5.41) is 23.3. The third kappa shape index (κ3) is 33.1. The van der Waals surface area contributed by atoms with E-state index in [4.69, 9.17) is 0 Å². The van der Waals surface area contributed by atoms with Gasteiger partial charge in [-0.3, -0.25) is 9.35 Å². The van der Waals surface area contributed by atoms with Crippen molar-refractivity contribution in [2.75, 3.05) is 5.75 Å². The Bertz CT molecular complexity index is 860. The van der Waals surface area contributed by atoms with Crippen molar-refractivity contribution in [2.45, 2.75) is 212 Å². The molecule has 7 nitrogen and oxygen atoms in total. The number of aliphatic hydroxyl groups excluding tert-OH is 2. The lowest BCUT2D eigenvalue weighted by atomic mass is 10.0. The number of carbonyl (C=O) groups is 1. The first-order valence-electron chi connectivity index (χ1n) is 19.6. The summed E-state index contributed by atoms with van der Waals surface area (Å²) in [6.45, 7) is 4.50. The van der Waals surface area contributed by atoms with Crippen molar-refractivity contribution < 1.29 is 28.0 Å². The molecule has 0 heterocycles. The number of hydrogen-bond donors (Lipinski definition) is 4. The number of carbonyl (C=O) groups excluding carboxylic acids is 1. The Hall–Kier alpha value is -1.22. The van der Waals surface area contributed by atoms with Crippen LogP contribution in [0.4, 0.5) is 0 Å². The number of aliphatic hydroxyl groups is 2. The second-order valence-electron chi connectivity index (χ2n) is 13.7. The minimum atomic E-state index is -4.44. The van der Waals surface area contributed by atoms with Crippen LogP contribution in [0.5, 0.6) is 0 Å². The van der Waals surface area contributed by atoms with Crippen molar-refractivity contribution in [1.29, 1.82) is 0 Å². The zero-order valence-corrected chi connectivity index (χ0v) is 31.3. The molecular formula is C39H75NO6S. The first kappa shape index (κ1) is 45.8. The summed E-state index contributed by atoms with van der Waals surface area (Å²) in [6, 6.07) is -1.24. The van der Waals surface area contributed by atoms with Gasteiger partial charge in [0.2, 0.25) is 5.91 Å². The second-order valence-corrected chi connectivity index (χ2v) is 15.2. The average Bonchev–Trinajstić information content (AvgIpc) is 3.03. The fraction of sp³-hybridized carbons (Fsp3) is 0.872. The largest absolute Gasteiger partial charge is 0.387 e. The van der Waals surface area contributed by atoms with Crippen LogP contribution in [0.2, 0.25) is 0 Å². The predicted molar refractivity (Wildman–Crippen MR) is 199 cm³/mol. The molecule has 3 atom stereocenters. The molecule has 0 aromatic rings. The van der Waals surface area contributed by atoms with Crippen LogP contribution in [0.3, 0.4) is 0 Å². The summed E-state index contributed by atoms with van der Waals surface area (Å²) in [7, 11) is -4.44. The molecule has 47 heavy (non-hydrogen) atoms.